The lowest BCUT2D eigenvalue weighted by molar-refractivity contribution is -0.121. The van der Waals surface area contributed by atoms with Gasteiger partial charge in [0.05, 0.1) is 25.8 Å². The number of nitrogens with two attached hydrogens (primary N) is 1. The van der Waals surface area contributed by atoms with Crippen LogP contribution < -0.4 is 15.8 Å². The standard InChI is InChI=1S/C15H19N3O3/c1-2-12-9-18-15(21-12)10-17-14(19)7-8-20-13-5-3-11(16)4-6-13/h3-6,9H,2,7-8,10,16H2,1H3,(H,17,19). The number of carbonyl (C=O) groups is 1. The van der Waals surface area contributed by atoms with Gasteiger partial charge in [-0.15, -0.1) is 0 Å². The Hall–Kier alpha value is -2.50. The van der Waals surface area contributed by atoms with E-state index in [1.165, 1.54) is 0 Å². The number of nitrogen functional groups attached to an aromatic ring is 1. The van der Waals surface area contributed by atoms with Crippen LogP contribution in [0.15, 0.2) is 34.9 Å². The van der Waals surface area contributed by atoms with Crippen molar-refractivity contribution < 1.29 is 13.9 Å². The highest BCUT2D eigenvalue weighted by Gasteiger charge is 2.06. The summed E-state index contributed by atoms with van der Waals surface area (Å²) in [5.74, 6) is 1.91. The number of oxazole rings is 1. The Bertz CT molecular complexity index is 578. The minimum Gasteiger partial charge on any atom is -0.493 e. The number of nitrogens with zero attached hydrogens (tertiary/aromatic N) is 1. The maximum atomic E-state index is 11.7. The van der Waals surface area contributed by atoms with Gasteiger partial charge in [-0.2, -0.15) is 0 Å². The van der Waals surface area contributed by atoms with Crippen molar-refractivity contribution in [3.8, 4) is 5.75 Å². The van der Waals surface area contributed by atoms with Crippen LogP contribution in [0.25, 0.3) is 0 Å². The third-order valence-corrected chi connectivity index (χ3v) is 2.86. The molecule has 0 radical (unpaired) electrons. The third kappa shape index (κ3) is 4.83. The number of benzene rings is 1. The molecule has 0 aliphatic heterocycles. The summed E-state index contributed by atoms with van der Waals surface area (Å²) >= 11 is 0. The second-order valence-corrected chi connectivity index (χ2v) is 4.52. The molecule has 1 aromatic carbocycles. The zero-order chi connectivity index (χ0) is 15.1. The summed E-state index contributed by atoms with van der Waals surface area (Å²) in [7, 11) is 0. The molecule has 3 N–H and O–H groups in total. The molecule has 0 fully saturated rings. The summed E-state index contributed by atoms with van der Waals surface area (Å²) in [5, 5.41) is 2.74. The van der Waals surface area contributed by atoms with Crippen LogP contribution >= 0.6 is 0 Å². The van der Waals surface area contributed by atoms with Gasteiger partial charge < -0.3 is 20.2 Å². The summed E-state index contributed by atoms with van der Waals surface area (Å²) in [5.41, 5.74) is 6.25. The normalized spacial score (nSPS) is 10.3. The first-order valence-corrected chi connectivity index (χ1v) is 6.86. The summed E-state index contributed by atoms with van der Waals surface area (Å²) < 4.78 is 10.8. The minimum atomic E-state index is -0.110. The lowest BCUT2D eigenvalue weighted by Crippen LogP contribution is -2.24. The Morgan fingerprint density at radius 1 is 1.38 bits per heavy atom. The van der Waals surface area contributed by atoms with Crippen molar-refractivity contribution in [2.75, 3.05) is 12.3 Å². The number of ether oxygens (including phenoxy) is 1. The van der Waals surface area contributed by atoms with E-state index in [0.29, 0.717) is 30.5 Å². The quantitative estimate of drug-likeness (QED) is 0.760. The number of carbonyl (C=O) groups excluding carboxylic acids is 1. The maximum Gasteiger partial charge on any atom is 0.223 e. The maximum absolute atomic E-state index is 11.7. The predicted octanol–water partition coefficient (Wildman–Crippen LogP) is 1.90. The summed E-state index contributed by atoms with van der Waals surface area (Å²) in [6.45, 7) is 2.58. The Balaban J connectivity index is 1.66. The van der Waals surface area contributed by atoms with Crippen molar-refractivity contribution in [2.24, 2.45) is 0 Å². The molecule has 2 aromatic rings. The van der Waals surface area contributed by atoms with Gasteiger partial charge in [0.15, 0.2) is 0 Å². The molecule has 1 amide bonds. The average molecular weight is 289 g/mol. The van der Waals surface area contributed by atoms with Gasteiger partial charge in [-0.25, -0.2) is 4.98 Å². The van der Waals surface area contributed by atoms with E-state index in [0.717, 1.165) is 12.2 Å². The molecule has 0 atom stereocenters. The van der Waals surface area contributed by atoms with Crippen molar-refractivity contribution in [1.29, 1.82) is 0 Å². The molecule has 0 aliphatic rings. The number of hydrogen-bond acceptors (Lipinski definition) is 5. The zero-order valence-electron chi connectivity index (χ0n) is 12.0. The fourth-order valence-electron chi connectivity index (χ4n) is 1.68. The summed E-state index contributed by atoms with van der Waals surface area (Å²) in [6, 6.07) is 7.05. The molecule has 112 valence electrons. The van der Waals surface area contributed by atoms with Gasteiger partial charge in [-0.05, 0) is 24.3 Å². The van der Waals surface area contributed by atoms with Gasteiger partial charge >= 0.3 is 0 Å². The molecule has 6 nitrogen and oxygen atoms in total. The smallest absolute Gasteiger partial charge is 0.223 e. The molecule has 2 rings (SSSR count). The molecule has 6 heteroatoms. The Kier molecular flexibility index (Phi) is 5.20. The molecule has 1 heterocycles. The minimum absolute atomic E-state index is 0.110. The predicted molar refractivity (Wildman–Crippen MR) is 78.7 cm³/mol. The van der Waals surface area contributed by atoms with Crippen LogP contribution in [0, 0.1) is 0 Å². The fourth-order valence-corrected chi connectivity index (χ4v) is 1.68. The van der Waals surface area contributed by atoms with Crippen molar-refractivity contribution in [3.05, 3.63) is 42.1 Å². The molecule has 0 spiro atoms. The fraction of sp³-hybridized carbons (Fsp3) is 0.333. The first-order chi connectivity index (χ1) is 10.2. The number of amides is 1. The largest absolute Gasteiger partial charge is 0.493 e. The van der Waals surface area contributed by atoms with Crippen LogP contribution in [0.3, 0.4) is 0 Å². The number of aromatic nitrogens is 1. The molecule has 0 bridgehead atoms. The second-order valence-electron chi connectivity index (χ2n) is 4.52. The number of hydrogen-bond donors (Lipinski definition) is 2. The van der Waals surface area contributed by atoms with Crippen LogP contribution in [0.4, 0.5) is 5.69 Å². The first-order valence-electron chi connectivity index (χ1n) is 6.86. The van der Waals surface area contributed by atoms with Crippen molar-refractivity contribution in [3.63, 3.8) is 0 Å². The monoisotopic (exact) mass is 289 g/mol. The van der Waals surface area contributed by atoms with Crippen LogP contribution in [0.2, 0.25) is 0 Å². The molecular formula is C15H19N3O3. The molecule has 0 saturated carbocycles. The van der Waals surface area contributed by atoms with Crippen LogP contribution in [0.1, 0.15) is 25.0 Å². The van der Waals surface area contributed by atoms with Crippen LogP contribution in [0.5, 0.6) is 5.75 Å². The van der Waals surface area contributed by atoms with E-state index in [1.807, 2.05) is 6.92 Å². The van der Waals surface area contributed by atoms with Gasteiger partial charge in [0.1, 0.15) is 11.5 Å². The molecule has 1 aromatic heterocycles. The molecule has 21 heavy (non-hydrogen) atoms. The van der Waals surface area contributed by atoms with Crippen molar-refractivity contribution >= 4 is 11.6 Å². The summed E-state index contributed by atoms with van der Waals surface area (Å²) in [6.07, 6.45) is 2.73. The molecule has 0 saturated heterocycles. The number of aryl methyl sites for hydroxylation is 1. The Morgan fingerprint density at radius 2 is 2.14 bits per heavy atom. The molecular weight excluding hydrogens is 270 g/mol. The lowest BCUT2D eigenvalue weighted by Gasteiger charge is -2.06. The molecule has 0 aliphatic carbocycles. The summed E-state index contributed by atoms with van der Waals surface area (Å²) in [4.78, 5) is 15.7. The number of anilines is 1. The van der Waals surface area contributed by atoms with E-state index in [2.05, 4.69) is 10.3 Å². The number of rotatable bonds is 7. The SMILES string of the molecule is CCc1cnc(CNC(=O)CCOc2ccc(N)cc2)o1. The Labute approximate surface area is 123 Å². The van der Waals surface area contributed by atoms with E-state index in [9.17, 15) is 4.79 Å². The van der Waals surface area contributed by atoms with Crippen LogP contribution in [-0.2, 0) is 17.8 Å². The Morgan fingerprint density at radius 3 is 2.81 bits per heavy atom. The van der Waals surface area contributed by atoms with Gasteiger partial charge in [0, 0.05) is 12.1 Å². The van der Waals surface area contributed by atoms with Gasteiger partial charge in [0.2, 0.25) is 11.8 Å². The van der Waals surface area contributed by atoms with Gasteiger partial charge in [-0.1, -0.05) is 6.92 Å². The van der Waals surface area contributed by atoms with Crippen LogP contribution in [-0.4, -0.2) is 17.5 Å². The van der Waals surface area contributed by atoms with Gasteiger partial charge in [0.25, 0.3) is 0 Å². The zero-order valence-corrected chi connectivity index (χ0v) is 12.0. The molecule has 0 unspecified atom stereocenters. The van der Waals surface area contributed by atoms with E-state index in [1.54, 1.807) is 30.5 Å². The lowest BCUT2D eigenvalue weighted by atomic mass is 10.3. The van der Waals surface area contributed by atoms with Crippen molar-refractivity contribution in [1.82, 2.24) is 10.3 Å². The second kappa shape index (κ2) is 7.33. The van der Waals surface area contributed by atoms with E-state index in [4.69, 9.17) is 14.9 Å². The van der Waals surface area contributed by atoms with E-state index < -0.39 is 0 Å². The highest BCUT2D eigenvalue weighted by atomic mass is 16.5. The third-order valence-electron chi connectivity index (χ3n) is 2.86. The highest BCUT2D eigenvalue weighted by molar-refractivity contribution is 5.75. The van der Waals surface area contributed by atoms with E-state index >= 15 is 0 Å². The first kappa shape index (κ1) is 14.9. The number of nitrogens with one attached hydrogen (secondary N) is 1. The van der Waals surface area contributed by atoms with E-state index in [-0.39, 0.29) is 12.3 Å². The van der Waals surface area contributed by atoms with Crippen molar-refractivity contribution in [2.45, 2.75) is 26.3 Å². The average Bonchev–Trinajstić information content (AvgIpc) is 2.95. The topological polar surface area (TPSA) is 90.4 Å². The highest BCUT2D eigenvalue weighted by Crippen LogP contribution is 2.13. The van der Waals surface area contributed by atoms with Gasteiger partial charge in [-0.3, -0.25) is 4.79 Å².